The fraction of sp³-hybridized carbons (Fsp3) is 0.846. The molecule has 0 radical (unpaired) electrons. The largest absolute Gasteiger partial charge is 0.480 e. The van der Waals surface area contributed by atoms with E-state index in [1.807, 2.05) is 0 Å². The zero-order valence-electron chi connectivity index (χ0n) is 12.2. The average molecular weight is 318 g/mol. The van der Waals surface area contributed by atoms with Gasteiger partial charge in [-0.15, -0.1) is 0 Å². The maximum atomic E-state index is 12.6. The van der Waals surface area contributed by atoms with Crippen molar-refractivity contribution < 1.29 is 23.1 Å². The van der Waals surface area contributed by atoms with E-state index in [4.69, 9.17) is 5.11 Å². The summed E-state index contributed by atoms with van der Waals surface area (Å²) < 4.78 is 23.2. The SMILES string of the molecule is CC1CCCN(C(=O)N(CC(=O)O)C2CCS(=O)(=O)C2)C1. The van der Waals surface area contributed by atoms with E-state index in [1.54, 1.807) is 4.90 Å². The van der Waals surface area contributed by atoms with Crippen molar-refractivity contribution in [3.63, 3.8) is 0 Å². The third kappa shape index (κ3) is 4.09. The molecule has 0 saturated carbocycles. The van der Waals surface area contributed by atoms with Crippen molar-refractivity contribution in [1.29, 1.82) is 0 Å². The van der Waals surface area contributed by atoms with Gasteiger partial charge in [-0.3, -0.25) is 4.79 Å². The first-order valence-electron chi connectivity index (χ1n) is 7.26. The van der Waals surface area contributed by atoms with Gasteiger partial charge in [0.15, 0.2) is 9.84 Å². The molecule has 0 spiro atoms. The van der Waals surface area contributed by atoms with Crippen molar-refractivity contribution in [3.8, 4) is 0 Å². The normalized spacial score (nSPS) is 28.3. The lowest BCUT2D eigenvalue weighted by Gasteiger charge is -2.37. The second-order valence-corrected chi connectivity index (χ2v) is 8.28. The Morgan fingerprint density at radius 3 is 2.57 bits per heavy atom. The lowest BCUT2D eigenvalue weighted by molar-refractivity contribution is -0.138. The highest BCUT2D eigenvalue weighted by atomic mass is 32.2. The molecule has 0 aromatic carbocycles. The van der Waals surface area contributed by atoms with E-state index in [9.17, 15) is 18.0 Å². The van der Waals surface area contributed by atoms with Crippen LogP contribution in [0.25, 0.3) is 0 Å². The number of nitrogens with zero attached hydrogens (tertiary/aromatic N) is 2. The number of hydrogen-bond donors (Lipinski definition) is 1. The molecule has 0 aliphatic carbocycles. The number of carboxylic acid groups (broad SMARTS) is 1. The van der Waals surface area contributed by atoms with Crippen molar-refractivity contribution in [2.45, 2.75) is 32.2 Å². The summed E-state index contributed by atoms with van der Waals surface area (Å²) in [6.07, 6.45) is 2.28. The van der Waals surface area contributed by atoms with Crippen LogP contribution in [0.4, 0.5) is 4.79 Å². The molecule has 2 atom stereocenters. The number of rotatable bonds is 3. The number of sulfone groups is 1. The van der Waals surface area contributed by atoms with Gasteiger partial charge in [0.05, 0.1) is 11.5 Å². The zero-order valence-corrected chi connectivity index (χ0v) is 13.0. The summed E-state index contributed by atoms with van der Waals surface area (Å²) in [6, 6.07) is -0.859. The Bertz CT molecular complexity index is 519. The topological polar surface area (TPSA) is 95.0 Å². The number of carboxylic acids is 1. The molecule has 21 heavy (non-hydrogen) atoms. The van der Waals surface area contributed by atoms with Gasteiger partial charge in [-0.2, -0.15) is 0 Å². The molecule has 120 valence electrons. The number of hydrogen-bond acceptors (Lipinski definition) is 4. The summed E-state index contributed by atoms with van der Waals surface area (Å²) in [5.41, 5.74) is 0. The van der Waals surface area contributed by atoms with Crippen LogP contribution in [0.2, 0.25) is 0 Å². The minimum absolute atomic E-state index is 0.0253. The molecule has 2 amide bonds. The maximum absolute atomic E-state index is 12.6. The summed E-state index contributed by atoms with van der Waals surface area (Å²) in [4.78, 5) is 26.5. The predicted molar refractivity (Wildman–Crippen MR) is 76.8 cm³/mol. The highest BCUT2D eigenvalue weighted by molar-refractivity contribution is 7.91. The van der Waals surface area contributed by atoms with Crippen molar-refractivity contribution in [3.05, 3.63) is 0 Å². The van der Waals surface area contributed by atoms with E-state index in [-0.39, 0.29) is 17.5 Å². The first-order chi connectivity index (χ1) is 9.78. The van der Waals surface area contributed by atoms with Crippen LogP contribution in [-0.4, -0.2) is 72.5 Å². The summed E-state index contributed by atoms with van der Waals surface area (Å²) >= 11 is 0. The van der Waals surface area contributed by atoms with Gasteiger partial charge in [0.1, 0.15) is 6.54 Å². The van der Waals surface area contributed by atoms with E-state index < -0.39 is 28.4 Å². The quantitative estimate of drug-likeness (QED) is 0.813. The molecule has 7 nitrogen and oxygen atoms in total. The average Bonchev–Trinajstić information content (AvgIpc) is 2.75. The van der Waals surface area contributed by atoms with E-state index >= 15 is 0 Å². The molecule has 2 aliphatic heterocycles. The van der Waals surface area contributed by atoms with Gasteiger partial charge in [0.25, 0.3) is 0 Å². The minimum atomic E-state index is -3.16. The lowest BCUT2D eigenvalue weighted by Crippen LogP contribution is -2.52. The summed E-state index contributed by atoms with van der Waals surface area (Å²) in [5.74, 6) is -0.827. The van der Waals surface area contributed by atoms with Crippen LogP contribution in [0.3, 0.4) is 0 Å². The Balaban J connectivity index is 2.11. The first kappa shape index (κ1) is 16.1. The molecule has 8 heteroatoms. The number of aliphatic carboxylic acids is 1. The molecule has 2 saturated heterocycles. The minimum Gasteiger partial charge on any atom is -0.480 e. The molecule has 2 unspecified atom stereocenters. The van der Waals surface area contributed by atoms with Crippen molar-refractivity contribution >= 4 is 21.8 Å². The molecule has 2 fully saturated rings. The maximum Gasteiger partial charge on any atom is 0.323 e. The molecule has 0 bridgehead atoms. The Labute approximate surface area is 124 Å². The molecule has 2 rings (SSSR count). The number of carbonyl (C=O) groups excluding carboxylic acids is 1. The van der Waals surface area contributed by atoms with Gasteiger partial charge >= 0.3 is 12.0 Å². The standard InChI is InChI=1S/C13H22N2O5S/c1-10-3-2-5-14(7-10)13(18)15(8-12(16)17)11-4-6-21(19,20)9-11/h10-11H,2-9H2,1H3,(H,16,17). The summed E-state index contributed by atoms with van der Waals surface area (Å²) in [6.45, 7) is 2.83. The van der Waals surface area contributed by atoms with Gasteiger partial charge in [0.2, 0.25) is 0 Å². The first-order valence-corrected chi connectivity index (χ1v) is 9.08. The van der Waals surface area contributed by atoms with Gasteiger partial charge in [-0.05, 0) is 25.2 Å². The molecule has 2 aliphatic rings. The lowest BCUT2D eigenvalue weighted by atomic mass is 10.0. The molecule has 0 aromatic heterocycles. The van der Waals surface area contributed by atoms with Crippen LogP contribution in [0.15, 0.2) is 0 Å². The Morgan fingerprint density at radius 1 is 1.33 bits per heavy atom. The van der Waals surface area contributed by atoms with Crippen LogP contribution < -0.4 is 0 Å². The van der Waals surface area contributed by atoms with Crippen LogP contribution >= 0.6 is 0 Å². The molecule has 0 aromatic rings. The van der Waals surface area contributed by atoms with Crippen LogP contribution in [-0.2, 0) is 14.6 Å². The van der Waals surface area contributed by atoms with Crippen molar-refractivity contribution in [2.75, 3.05) is 31.1 Å². The van der Waals surface area contributed by atoms with Gasteiger partial charge in [-0.1, -0.05) is 6.92 Å². The fourth-order valence-corrected chi connectivity index (χ4v) is 4.80. The molecular weight excluding hydrogens is 296 g/mol. The van der Waals surface area contributed by atoms with E-state index in [1.165, 1.54) is 4.90 Å². The number of carbonyl (C=O) groups is 2. The van der Waals surface area contributed by atoms with Gasteiger partial charge in [0, 0.05) is 19.1 Å². The summed E-state index contributed by atoms with van der Waals surface area (Å²) in [7, 11) is -3.16. The van der Waals surface area contributed by atoms with E-state index in [0.29, 0.717) is 25.4 Å². The second kappa shape index (κ2) is 6.21. The number of amides is 2. The number of piperidine rings is 1. The van der Waals surface area contributed by atoms with E-state index in [2.05, 4.69) is 6.92 Å². The Kier molecular flexibility index (Phi) is 4.75. The highest BCUT2D eigenvalue weighted by Gasteiger charge is 2.37. The molecular formula is C13H22N2O5S. The highest BCUT2D eigenvalue weighted by Crippen LogP contribution is 2.22. The van der Waals surface area contributed by atoms with Crippen molar-refractivity contribution in [2.24, 2.45) is 5.92 Å². The molecule has 2 heterocycles. The van der Waals surface area contributed by atoms with Gasteiger partial charge < -0.3 is 14.9 Å². The second-order valence-electron chi connectivity index (χ2n) is 6.05. The van der Waals surface area contributed by atoms with Gasteiger partial charge in [-0.25, -0.2) is 13.2 Å². The number of likely N-dealkylation sites (tertiary alicyclic amines) is 1. The predicted octanol–water partition coefficient (Wildman–Crippen LogP) is 0.412. The Hall–Kier alpha value is -1.31. The van der Waals surface area contributed by atoms with Crippen LogP contribution in [0.1, 0.15) is 26.2 Å². The van der Waals surface area contributed by atoms with Crippen LogP contribution in [0, 0.1) is 5.92 Å². The summed E-state index contributed by atoms with van der Waals surface area (Å²) in [5, 5.41) is 9.01. The fourth-order valence-electron chi connectivity index (χ4n) is 3.06. The monoisotopic (exact) mass is 318 g/mol. The Morgan fingerprint density at radius 2 is 2.05 bits per heavy atom. The van der Waals surface area contributed by atoms with Crippen LogP contribution in [0.5, 0.6) is 0 Å². The van der Waals surface area contributed by atoms with E-state index in [0.717, 1.165) is 12.8 Å². The van der Waals surface area contributed by atoms with Crippen molar-refractivity contribution in [1.82, 2.24) is 9.80 Å². The zero-order chi connectivity index (χ0) is 15.6. The third-order valence-corrected chi connectivity index (χ3v) is 5.88. The molecule has 1 N–H and O–H groups in total. The smallest absolute Gasteiger partial charge is 0.323 e. The number of urea groups is 1. The third-order valence-electron chi connectivity index (χ3n) is 4.13.